The highest BCUT2D eigenvalue weighted by Gasteiger charge is 2.06. The highest BCUT2D eigenvalue weighted by atomic mass is 15.2. The van der Waals surface area contributed by atoms with Gasteiger partial charge >= 0.3 is 0 Å². The van der Waals surface area contributed by atoms with Crippen molar-refractivity contribution in [1.29, 1.82) is 0 Å². The minimum atomic E-state index is 0.714. The van der Waals surface area contributed by atoms with Gasteiger partial charge in [0, 0.05) is 18.9 Å². The van der Waals surface area contributed by atoms with Crippen LogP contribution in [0.1, 0.15) is 12.5 Å². The fourth-order valence-corrected chi connectivity index (χ4v) is 1.84. The van der Waals surface area contributed by atoms with Crippen molar-refractivity contribution in [2.75, 3.05) is 11.9 Å². The Kier molecular flexibility index (Phi) is 3.60. The predicted octanol–water partition coefficient (Wildman–Crippen LogP) is 3.03. The van der Waals surface area contributed by atoms with Crippen molar-refractivity contribution in [3.63, 3.8) is 0 Å². The summed E-state index contributed by atoms with van der Waals surface area (Å²) < 4.78 is 2.07. The number of hydrogen-bond acceptors (Lipinski definition) is 2. The van der Waals surface area contributed by atoms with Crippen LogP contribution >= 0.6 is 0 Å². The third-order valence-corrected chi connectivity index (χ3v) is 2.68. The second-order valence-electron chi connectivity index (χ2n) is 3.77. The van der Waals surface area contributed by atoms with Crippen LogP contribution in [0.25, 0.3) is 5.69 Å². The molecule has 0 bridgehead atoms. The minimum absolute atomic E-state index is 0.714. The summed E-state index contributed by atoms with van der Waals surface area (Å²) in [6.45, 7) is 6.57. The molecule has 0 fully saturated rings. The summed E-state index contributed by atoms with van der Waals surface area (Å²) >= 11 is 0. The number of anilines is 1. The van der Waals surface area contributed by atoms with E-state index < -0.39 is 0 Å². The Morgan fingerprint density at radius 1 is 1.41 bits per heavy atom. The van der Waals surface area contributed by atoms with Gasteiger partial charge in [0.25, 0.3) is 0 Å². The molecule has 0 radical (unpaired) electrons. The van der Waals surface area contributed by atoms with E-state index in [9.17, 15) is 0 Å². The van der Waals surface area contributed by atoms with Crippen molar-refractivity contribution in [2.24, 2.45) is 0 Å². The number of nitrogens with zero attached hydrogens (tertiary/aromatic N) is 2. The monoisotopic (exact) mass is 227 g/mol. The van der Waals surface area contributed by atoms with Gasteiger partial charge in [-0.2, -0.15) is 0 Å². The van der Waals surface area contributed by atoms with Gasteiger partial charge in [-0.1, -0.05) is 31.2 Å². The molecule has 3 nitrogen and oxygen atoms in total. The standard InChI is InChI=1S/C14H17N3/c1-3-9-15-14-16-10-11-17(14)13-8-6-5-7-12(13)4-2/h3,5-8,10-11H,1,4,9H2,2H3,(H,15,16). The van der Waals surface area contributed by atoms with Gasteiger partial charge in [0.15, 0.2) is 0 Å². The molecule has 88 valence electrons. The van der Waals surface area contributed by atoms with Crippen LogP contribution in [0.2, 0.25) is 0 Å². The maximum atomic E-state index is 4.31. The third kappa shape index (κ3) is 2.38. The van der Waals surface area contributed by atoms with Crippen LogP contribution < -0.4 is 5.32 Å². The molecule has 0 saturated carbocycles. The zero-order valence-electron chi connectivity index (χ0n) is 10.1. The molecule has 2 aromatic rings. The van der Waals surface area contributed by atoms with E-state index in [1.807, 2.05) is 18.3 Å². The van der Waals surface area contributed by atoms with Crippen LogP contribution in [0.3, 0.4) is 0 Å². The van der Waals surface area contributed by atoms with Crippen LogP contribution in [-0.4, -0.2) is 16.1 Å². The lowest BCUT2D eigenvalue weighted by atomic mass is 10.1. The highest BCUT2D eigenvalue weighted by Crippen LogP contribution is 2.19. The Bertz CT molecular complexity index is 500. The van der Waals surface area contributed by atoms with Crippen molar-refractivity contribution in [3.8, 4) is 5.69 Å². The molecule has 2 rings (SSSR count). The molecule has 0 spiro atoms. The molecular weight excluding hydrogens is 210 g/mol. The number of hydrogen-bond donors (Lipinski definition) is 1. The van der Waals surface area contributed by atoms with E-state index in [0.29, 0.717) is 6.54 Å². The Balaban J connectivity index is 2.38. The van der Waals surface area contributed by atoms with Crippen molar-refractivity contribution in [2.45, 2.75) is 13.3 Å². The van der Waals surface area contributed by atoms with E-state index in [-0.39, 0.29) is 0 Å². The lowest BCUT2D eigenvalue weighted by molar-refractivity contribution is 0.997. The average Bonchev–Trinajstić information content (AvgIpc) is 2.84. The Hall–Kier alpha value is -2.03. The SMILES string of the molecule is C=CCNc1nccn1-c1ccccc1CC. The molecule has 0 aliphatic carbocycles. The van der Waals surface area contributed by atoms with Crippen molar-refractivity contribution in [1.82, 2.24) is 9.55 Å². The maximum absolute atomic E-state index is 4.31. The molecule has 0 atom stereocenters. The van der Waals surface area contributed by atoms with Gasteiger partial charge in [0.05, 0.1) is 5.69 Å². The summed E-state index contributed by atoms with van der Waals surface area (Å²) in [5.41, 5.74) is 2.49. The molecule has 0 aliphatic heterocycles. The summed E-state index contributed by atoms with van der Waals surface area (Å²) in [7, 11) is 0. The molecule has 17 heavy (non-hydrogen) atoms. The smallest absolute Gasteiger partial charge is 0.207 e. The molecule has 0 saturated heterocycles. The van der Waals surface area contributed by atoms with Gasteiger partial charge in [-0.25, -0.2) is 4.98 Å². The second-order valence-corrected chi connectivity index (χ2v) is 3.77. The fourth-order valence-electron chi connectivity index (χ4n) is 1.84. The molecule has 0 unspecified atom stereocenters. The molecule has 1 heterocycles. The summed E-state index contributed by atoms with van der Waals surface area (Å²) in [4.78, 5) is 4.31. The fraction of sp³-hybridized carbons (Fsp3) is 0.214. The second kappa shape index (κ2) is 5.34. The molecule has 1 aromatic carbocycles. The topological polar surface area (TPSA) is 29.9 Å². The van der Waals surface area contributed by atoms with Crippen molar-refractivity contribution < 1.29 is 0 Å². The van der Waals surface area contributed by atoms with Gasteiger partial charge in [-0.15, -0.1) is 6.58 Å². The number of benzene rings is 1. The summed E-state index contributed by atoms with van der Waals surface area (Å²) in [6, 6.07) is 8.37. The molecule has 1 aromatic heterocycles. The molecule has 1 N–H and O–H groups in total. The van der Waals surface area contributed by atoms with E-state index in [0.717, 1.165) is 12.4 Å². The van der Waals surface area contributed by atoms with Crippen LogP contribution in [0.4, 0.5) is 5.95 Å². The zero-order chi connectivity index (χ0) is 12.1. The first-order valence-electron chi connectivity index (χ1n) is 5.83. The molecule has 3 heteroatoms. The van der Waals surface area contributed by atoms with E-state index in [4.69, 9.17) is 0 Å². The van der Waals surface area contributed by atoms with E-state index in [1.165, 1.54) is 11.3 Å². The van der Waals surface area contributed by atoms with Crippen LogP contribution in [-0.2, 0) is 6.42 Å². The Morgan fingerprint density at radius 2 is 2.24 bits per heavy atom. The lowest BCUT2D eigenvalue weighted by Crippen LogP contribution is -2.07. The number of imidazole rings is 1. The van der Waals surface area contributed by atoms with Gasteiger partial charge in [0.1, 0.15) is 0 Å². The average molecular weight is 227 g/mol. The van der Waals surface area contributed by atoms with E-state index in [2.05, 4.69) is 46.6 Å². The zero-order valence-corrected chi connectivity index (χ0v) is 10.1. The summed E-state index contributed by atoms with van der Waals surface area (Å²) in [6.07, 6.45) is 6.61. The van der Waals surface area contributed by atoms with Crippen molar-refractivity contribution >= 4 is 5.95 Å². The van der Waals surface area contributed by atoms with Crippen LogP contribution in [0.15, 0.2) is 49.3 Å². The Labute approximate surface area is 102 Å². The summed E-state index contributed by atoms with van der Waals surface area (Å²) in [5.74, 6) is 0.853. The summed E-state index contributed by atoms with van der Waals surface area (Å²) in [5, 5.41) is 3.23. The predicted molar refractivity (Wildman–Crippen MR) is 71.6 cm³/mol. The number of nitrogens with one attached hydrogen (secondary N) is 1. The third-order valence-electron chi connectivity index (χ3n) is 2.68. The van der Waals surface area contributed by atoms with E-state index >= 15 is 0 Å². The normalized spacial score (nSPS) is 10.2. The first-order valence-corrected chi connectivity index (χ1v) is 5.83. The van der Waals surface area contributed by atoms with Gasteiger partial charge in [-0.3, -0.25) is 4.57 Å². The van der Waals surface area contributed by atoms with Gasteiger partial charge in [-0.05, 0) is 18.1 Å². The number of aryl methyl sites for hydroxylation is 1. The highest BCUT2D eigenvalue weighted by molar-refractivity contribution is 5.47. The Morgan fingerprint density at radius 3 is 3.00 bits per heavy atom. The lowest BCUT2D eigenvalue weighted by Gasteiger charge is -2.12. The molecular formula is C14H17N3. The van der Waals surface area contributed by atoms with Crippen molar-refractivity contribution in [3.05, 3.63) is 54.9 Å². The quantitative estimate of drug-likeness (QED) is 0.796. The van der Waals surface area contributed by atoms with Crippen LogP contribution in [0, 0.1) is 0 Å². The number of aromatic nitrogens is 2. The van der Waals surface area contributed by atoms with E-state index in [1.54, 1.807) is 6.20 Å². The van der Waals surface area contributed by atoms with Gasteiger partial charge in [0.2, 0.25) is 5.95 Å². The largest absolute Gasteiger partial charge is 0.352 e. The number of para-hydroxylation sites is 1. The first kappa shape index (κ1) is 11.5. The number of rotatable bonds is 5. The first-order chi connectivity index (χ1) is 8.36. The maximum Gasteiger partial charge on any atom is 0.207 e. The molecule has 0 aliphatic rings. The van der Waals surface area contributed by atoms with Gasteiger partial charge < -0.3 is 5.32 Å². The molecule has 0 amide bonds. The van der Waals surface area contributed by atoms with Crippen LogP contribution in [0.5, 0.6) is 0 Å². The minimum Gasteiger partial charge on any atom is -0.352 e.